The number of rotatable bonds is 7. The van der Waals surface area contributed by atoms with Crippen LogP contribution in [0.2, 0.25) is 0 Å². The number of hydrogen-bond acceptors (Lipinski definition) is 6. The Bertz CT molecular complexity index is 717. The fourth-order valence-corrected chi connectivity index (χ4v) is 2.81. The van der Waals surface area contributed by atoms with Crippen molar-refractivity contribution in [1.82, 2.24) is 4.90 Å². The average Bonchev–Trinajstić information content (AvgIpc) is 2.66. The van der Waals surface area contributed by atoms with Gasteiger partial charge in [0.2, 0.25) is 5.91 Å². The molecule has 160 valence electrons. The van der Waals surface area contributed by atoms with E-state index in [1.54, 1.807) is 52.2 Å². The van der Waals surface area contributed by atoms with Crippen LogP contribution in [0, 0.1) is 0 Å². The summed E-state index contributed by atoms with van der Waals surface area (Å²) in [6, 6.07) is 5.09. The van der Waals surface area contributed by atoms with Gasteiger partial charge in [0.05, 0.1) is 6.61 Å². The molecule has 1 aromatic carbocycles. The van der Waals surface area contributed by atoms with Crippen LogP contribution >= 0.6 is 0 Å². The molecular weight excluding hydrogens is 374 g/mol. The van der Waals surface area contributed by atoms with Gasteiger partial charge in [-0.05, 0) is 58.2 Å². The van der Waals surface area contributed by atoms with E-state index in [0.717, 1.165) is 32.4 Å². The van der Waals surface area contributed by atoms with Crippen molar-refractivity contribution in [2.24, 2.45) is 0 Å². The van der Waals surface area contributed by atoms with Crippen LogP contribution in [0.1, 0.15) is 45.6 Å². The van der Waals surface area contributed by atoms with Crippen molar-refractivity contribution < 1.29 is 28.5 Å². The topological polar surface area (TPSA) is 74.3 Å². The van der Waals surface area contributed by atoms with E-state index < -0.39 is 11.8 Å². The molecule has 0 N–H and O–H groups in total. The highest BCUT2D eigenvalue weighted by Gasteiger charge is 2.20. The largest absolute Gasteiger partial charge is 0.514 e. The second kappa shape index (κ2) is 10.9. The third-order valence-electron chi connectivity index (χ3n) is 4.20. The molecular formula is C22H31NO6. The SMILES string of the molecule is COCCOc1ccc(C=CC(=O)N2CCCCC2)c(OC(=O)OC(C)(C)C)c1. The fraction of sp³-hybridized carbons (Fsp3) is 0.545. The van der Waals surface area contributed by atoms with Gasteiger partial charge >= 0.3 is 6.16 Å². The van der Waals surface area contributed by atoms with E-state index >= 15 is 0 Å². The smallest absolute Gasteiger partial charge is 0.491 e. The molecule has 1 amide bonds. The molecule has 0 radical (unpaired) electrons. The number of hydrogen-bond donors (Lipinski definition) is 0. The number of benzene rings is 1. The van der Waals surface area contributed by atoms with Crippen molar-refractivity contribution in [2.45, 2.75) is 45.6 Å². The second-order valence-electron chi connectivity index (χ2n) is 7.83. The maximum atomic E-state index is 12.4. The monoisotopic (exact) mass is 405 g/mol. The number of nitrogens with zero attached hydrogens (tertiary/aromatic N) is 1. The second-order valence-corrected chi connectivity index (χ2v) is 7.83. The van der Waals surface area contributed by atoms with E-state index in [0.29, 0.717) is 24.5 Å². The summed E-state index contributed by atoms with van der Waals surface area (Å²) in [6.45, 7) is 7.64. The van der Waals surface area contributed by atoms with Crippen LogP contribution in [0.15, 0.2) is 24.3 Å². The molecule has 1 aliphatic rings. The van der Waals surface area contributed by atoms with E-state index in [1.165, 1.54) is 6.08 Å². The Labute approximate surface area is 172 Å². The van der Waals surface area contributed by atoms with E-state index in [2.05, 4.69) is 0 Å². The molecule has 0 aliphatic carbocycles. The van der Waals surface area contributed by atoms with Crippen molar-refractivity contribution >= 4 is 18.1 Å². The number of amides is 1. The highest BCUT2D eigenvalue weighted by atomic mass is 16.7. The van der Waals surface area contributed by atoms with E-state index in [1.807, 2.05) is 4.90 Å². The van der Waals surface area contributed by atoms with Gasteiger partial charge in [0, 0.05) is 37.9 Å². The lowest BCUT2D eigenvalue weighted by atomic mass is 10.1. The lowest BCUT2D eigenvalue weighted by molar-refractivity contribution is -0.126. The maximum absolute atomic E-state index is 12.4. The fourth-order valence-electron chi connectivity index (χ4n) is 2.81. The molecule has 0 bridgehead atoms. The molecule has 1 fully saturated rings. The van der Waals surface area contributed by atoms with Crippen LogP contribution in [0.5, 0.6) is 11.5 Å². The number of carbonyl (C=O) groups is 2. The first-order valence-corrected chi connectivity index (χ1v) is 9.92. The number of ether oxygens (including phenoxy) is 4. The summed E-state index contributed by atoms with van der Waals surface area (Å²) in [4.78, 5) is 26.4. The van der Waals surface area contributed by atoms with Crippen LogP contribution in [-0.4, -0.2) is 56.0 Å². The Morgan fingerprint density at radius 2 is 1.83 bits per heavy atom. The molecule has 0 atom stereocenters. The van der Waals surface area contributed by atoms with Crippen LogP contribution in [-0.2, 0) is 14.3 Å². The molecule has 7 heteroatoms. The number of likely N-dealkylation sites (tertiary alicyclic amines) is 1. The number of methoxy groups -OCH3 is 1. The van der Waals surface area contributed by atoms with Gasteiger partial charge < -0.3 is 23.8 Å². The Balaban J connectivity index is 2.16. The number of carbonyl (C=O) groups excluding carboxylic acids is 2. The van der Waals surface area contributed by atoms with Gasteiger partial charge in [-0.15, -0.1) is 0 Å². The minimum atomic E-state index is -0.816. The van der Waals surface area contributed by atoms with Gasteiger partial charge in [-0.1, -0.05) is 0 Å². The van der Waals surface area contributed by atoms with Crippen molar-refractivity contribution in [3.63, 3.8) is 0 Å². The van der Waals surface area contributed by atoms with Crippen LogP contribution in [0.4, 0.5) is 4.79 Å². The lowest BCUT2D eigenvalue weighted by Crippen LogP contribution is -2.34. The Kier molecular flexibility index (Phi) is 8.51. The van der Waals surface area contributed by atoms with E-state index in [-0.39, 0.29) is 11.7 Å². The molecule has 2 rings (SSSR count). The van der Waals surface area contributed by atoms with Crippen LogP contribution in [0.25, 0.3) is 6.08 Å². The Morgan fingerprint density at radius 1 is 1.10 bits per heavy atom. The molecule has 29 heavy (non-hydrogen) atoms. The summed E-state index contributed by atoms with van der Waals surface area (Å²) in [5, 5.41) is 0. The molecule has 1 aliphatic heterocycles. The zero-order chi connectivity index (χ0) is 21.3. The zero-order valence-corrected chi connectivity index (χ0v) is 17.7. The minimum absolute atomic E-state index is 0.0478. The highest BCUT2D eigenvalue weighted by Crippen LogP contribution is 2.27. The molecule has 7 nitrogen and oxygen atoms in total. The van der Waals surface area contributed by atoms with Crippen LogP contribution < -0.4 is 9.47 Å². The molecule has 0 saturated carbocycles. The zero-order valence-electron chi connectivity index (χ0n) is 17.7. The summed E-state index contributed by atoms with van der Waals surface area (Å²) in [5.41, 5.74) is -0.0931. The summed E-state index contributed by atoms with van der Waals surface area (Å²) < 4.78 is 21.2. The first-order chi connectivity index (χ1) is 13.8. The van der Waals surface area contributed by atoms with Crippen LogP contribution in [0.3, 0.4) is 0 Å². The highest BCUT2D eigenvalue weighted by molar-refractivity contribution is 5.92. The van der Waals surface area contributed by atoms with Gasteiger partial charge in [0.25, 0.3) is 0 Å². The van der Waals surface area contributed by atoms with Gasteiger partial charge in [-0.3, -0.25) is 4.79 Å². The molecule has 1 saturated heterocycles. The molecule has 0 aromatic heterocycles. The van der Waals surface area contributed by atoms with Gasteiger partial charge in [-0.25, -0.2) is 4.79 Å². The Morgan fingerprint density at radius 3 is 2.48 bits per heavy atom. The summed E-state index contributed by atoms with van der Waals surface area (Å²) in [7, 11) is 1.59. The first kappa shape index (κ1) is 22.7. The third kappa shape index (κ3) is 8.15. The van der Waals surface area contributed by atoms with Crippen molar-refractivity contribution in [2.75, 3.05) is 33.4 Å². The maximum Gasteiger partial charge on any atom is 0.514 e. The molecule has 1 aromatic rings. The van der Waals surface area contributed by atoms with Gasteiger partial charge in [0.15, 0.2) is 0 Å². The predicted molar refractivity (Wildman–Crippen MR) is 110 cm³/mol. The summed E-state index contributed by atoms with van der Waals surface area (Å²) in [6.07, 6.45) is 5.55. The quantitative estimate of drug-likeness (QED) is 0.295. The number of piperidine rings is 1. The van der Waals surface area contributed by atoms with Gasteiger partial charge in [-0.2, -0.15) is 0 Å². The van der Waals surface area contributed by atoms with Gasteiger partial charge in [0.1, 0.15) is 23.7 Å². The molecule has 1 heterocycles. The predicted octanol–water partition coefficient (Wildman–Crippen LogP) is 4.05. The normalized spacial score (nSPS) is 14.7. The Hall–Kier alpha value is -2.54. The summed E-state index contributed by atoms with van der Waals surface area (Å²) in [5.74, 6) is 0.741. The minimum Gasteiger partial charge on any atom is -0.491 e. The molecule has 0 unspecified atom stereocenters. The first-order valence-electron chi connectivity index (χ1n) is 9.92. The standard InChI is InChI=1S/C22H31NO6/c1-22(2,3)29-21(25)28-19-16-18(27-15-14-26-4)10-8-17(19)9-11-20(24)23-12-6-5-7-13-23/h8-11,16H,5-7,12-15H2,1-4H3. The van der Waals surface area contributed by atoms with E-state index in [4.69, 9.17) is 18.9 Å². The van der Waals surface area contributed by atoms with Crippen molar-refractivity contribution in [3.8, 4) is 11.5 Å². The summed E-state index contributed by atoms with van der Waals surface area (Å²) >= 11 is 0. The van der Waals surface area contributed by atoms with E-state index in [9.17, 15) is 9.59 Å². The third-order valence-corrected chi connectivity index (χ3v) is 4.20. The average molecular weight is 405 g/mol. The van der Waals surface area contributed by atoms with Crippen molar-refractivity contribution in [1.29, 1.82) is 0 Å². The van der Waals surface area contributed by atoms with Crippen molar-refractivity contribution in [3.05, 3.63) is 29.8 Å². The molecule has 0 spiro atoms. The lowest BCUT2D eigenvalue weighted by Gasteiger charge is -2.25.